The van der Waals surface area contributed by atoms with Gasteiger partial charge in [0.15, 0.2) is 0 Å². The highest BCUT2D eigenvalue weighted by Crippen LogP contribution is 2.24. The van der Waals surface area contributed by atoms with Crippen LogP contribution in [0.2, 0.25) is 0 Å². The van der Waals surface area contributed by atoms with Gasteiger partial charge in [-0.25, -0.2) is 4.98 Å². The van der Waals surface area contributed by atoms with Gasteiger partial charge in [0, 0.05) is 6.54 Å². The van der Waals surface area contributed by atoms with Crippen molar-refractivity contribution in [1.82, 2.24) is 9.55 Å². The summed E-state index contributed by atoms with van der Waals surface area (Å²) >= 11 is 0. The third-order valence-corrected chi connectivity index (χ3v) is 4.31. The third-order valence-electron chi connectivity index (χ3n) is 4.31. The number of nitrogens with zero attached hydrogens (tertiary/aromatic N) is 2. The Balaban J connectivity index is 1.44. The summed E-state index contributed by atoms with van der Waals surface area (Å²) in [5, 5.41) is 0. The number of unbranched alkanes of at least 4 members (excludes halogenated alkanes) is 1. The van der Waals surface area contributed by atoms with Gasteiger partial charge in [-0.2, -0.15) is 0 Å². The van der Waals surface area contributed by atoms with Crippen LogP contribution in [0, 0.1) is 0 Å². The third kappa shape index (κ3) is 3.97. The molecule has 126 valence electrons. The van der Waals surface area contributed by atoms with Crippen LogP contribution >= 0.6 is 0 Å². The fourth-order valence-electron chi connectivity index (χ4n) is 2.81. The van der Waals surface area contributed by atoms with Crippen LogP contribution in [0.25, 0.3) is 11.0 Å². The Morgan fingerprint density at radius 3 is 2.46 bits per heavy atom. The Labute approximate surface area is 144 Å². The zero-order valence-corrected chi connectivity index (χ0v) is 14.8. The van der Waals surface area contributed by atoms with E-state index in [1.54, 1.807) is 0 Å². The maximum absolute atomic E-state index is 5.86. The minimum Gasteiger partial charge on any atom is -0.494 e. The number of fused-ring (bicyclic) bond motifs is 1. The molecule has 0 amide bonds. The van der Waals surface area contributed by atoms with Gasteiger partial charge in [0.1, 0.15) is 5.75 Å². The van der Waals surface area contributed by atoms with Crippen molar-refractivity contribution < 1.29 is 4.74 Å². The molecule has 0 unspecified atom stereocenters. The number of hydrogen-bond donors (Lipinski definition) is 0. The van der Waals surface area contributed by atoms with Crippen molar-refractivity contribution in [2.45, 2.75) is 45.6 Å². The number of rotatable bonds is 6. The summed E-state index contributed by atoms with van der Waals surface area (Å²) in [4.78, 5) is 4.42. The molecule has 0 aliphatic carbocycles. The molecule has 0 saturated heterocycles. The van der Waals surface area contributed by atoms with E-state index in [1.165, 1.54) is 11.1 Å². The van der Waals surface area contributed by atoms with Crippen molar-refractivity contribution in [1.29, 1.82) is 0 Å². The lowest BCUT2D eigenvalue weighted by Crippen LogP contribution is -2.10. The summed E-state index contributed by atoms with van der Waals surface area (Å²) in [5.41, 5.74) is 3.79. The average Bonchev–Trinajstić information content (AvgIpc) is 2.97. The van der Waals surface area contributed by atoms with Crippen molar-refractivity contribution in [3.63, 3.8) is 0 Å². The quantitative estimate of drug-likeness (QED) is 0.584. The van der Waals surface area contributed by atoms with Gasteiger partial charge in [-0.15, -0.1) is 0 Å². The predicted molar refractivity (Wildman–Crippen MR) is 99.6 cm³/mol. The smallest absolute Gasteiger partial charge is 0.119 e. The number of ether oxygens (including phenoxy) is 1. The molecule has 0 radical (unpaired) electrons. The second-order valence-corrected chi connectivity index (χ2v) is 7.26. The topological polar surface area (TPSA) is 27.1 Å². The van der Waals surface area contributed by atoms with Gasteiger partial charge in [-0.1, -0.05) is 45.0 Å². The van der Waals surface area contributed by atoms with E-state index in [1.807, 2.05) is 12.4 Å². The van der Waals surface area contributed by atoms with Gasteiger partial charge < -0.3 is 9.30 Å². The van der Waals surface area contributed by atoms with Crippen LogP contribution in [0.3, 0.4) is 0 Å². The molecular formula is C21H26N2O. The van der Waals surface area contributed by atoms with Crippen LogP contribution in [-0.2, 0) is 12.0 Å². The lowest BCUT2D eigenvalue weighted by molar-refractivity contribution is 0.303. The molecule has 1 heterocycles. The van der Waals surface area contributed by atoms with Gasteiger partial charge in [-0.3, -0.25) is 0 Å². The fourth-order valence-corrected chi connectivity index (χ4v) is 2.81. The second kappa shape index (κ2) is 7.08. The molecule has 0 spiro atoms. The van der Waals surface area contributed by atoms with Crippen molar-refractivity contribution in [3.05, 3.63) is 60.4 Å². The van der Waals surface area contributed by atoms with E-state index in [9.17, 15) is 0 Å². The summed E-state index contributed by atoms with van der Waals surface area (Å²) in [5.74, 6) is 0.955. The molecule has 3 nitrogen and oxygen atoms in total. The molecule has 0 N–H and O–H groups in total. The summed E-state index contributed by atoms with van der Waals surface area (Å²) in [7, 11) is 0. The molecule has 3 heteroatoms. The van der Waals surface area contributed by atoms with Gasteiger partial charge in [0.05, 0.1) is 24.0 Å². The molecule has 3 rings (SSSR count). The summed E-state index contributed by atoms with van der Waals surface area (Å²) in [6, 6.07) is 16.7. The highest BCUT2D eigenvalue weighted by molar-refractivity contribution is 5.74. The number of aromatic nitrogens is 2. The minimum absolute atomic E-state index is 0.187. The first kappa shape index (κ1) is 16.6. The first-order valence-electron chi connectivity index (χ1n) is 8.67. The Bertz CT molecular complexity index is 781. The molecule has 0 aliphatic heterocycles. The van der Waals surface area contributed by atoms with Crippen LogP contribution < -0.4 is 4.74 Å². The van der Waals surface area contributed by atoms with E-state index >= 15 is 0 Å². The number of imidazole rings is 1. The number of hydrogen-bond acceptors (Lipinski definition) is 2. The van der Waals surface area contributed by atoms with Crippen LogP contribution in [0.4, 0.5) is 0 Å². The van der Waals surface area contributed by atoms with E-state index in [-0.39, 0.29) is 5.41 Å². The summed E-state index contributed by atoms with van der Waals surface area (Å²) < 4.78 is 8.07. The SMILES string of the molecule is CC(C)(C)c1ccc(OCCCCn2cnc3ccccc32)cc1. The Morgan fingerprint density at radius 1 is 0.958 bits per heavy atom. The van der Waals surface area contributed by atoms with E-state index in [4.69, 9.17) is 4.74 Å². The van der Waals surface area contributed by atoms with E-state index < -0.39 is 0 Å². The van der Waals surface area contributed by atoms with Crippen LogP contribution in [-0.4, -0.2) is 16.2 Å². The van der Waals surface area contributed by atoms with Crippen LogP contribution in [0.15, 0.2) is 54.9 Å². The molecule has 0 fully saturated rings. The van der Waals surface area contributed by atoms with Gasteiger partial charge in [0.25, 0.3) is 0 Å². The maximum Gasteiger partial charge on any atom is 0.119 e. The molecule has 3 aromatic rings. The molecular weight excluding hydrogens is 296 g/mol. The second-order valence-electron chi connectivity index (χ2n) is 7.26. The fraction of sp³-hybridized carbons (Fsp3) is 0.381. The average molecular weight is 322 g/mol. The first-order valence-corrected chi connectivity index (χ1v) is 8.67. The number of aryl methyl sites for hydroxylation is 1. The first-order chi connectivity index (χ1) is 11.5. The standard InChI is InChI=1S/C21H26N2O/c1-21(2,3)17-10-12-18(13-11-17)24-15-7-6-14-23-16-22-19-8-4-5-9-20(19)23/h4-5,8-13,16H,6-7,14-15H2,1-3H3. The van der Waals surface area contributed by atoms with E-state index in [0.29, 0.717) is 0 Å². The molecule has 1 aromatic heterocycles. The highest BCUT2D eigenvalue weighted by atomic mass is 16.5. The predicted octanol–water partition coefficient (Wildman–Crippen LogP) is 5.19. The van der Waals surface area contributed by atoms with Crippen LogP contribution in [0.1, 0.15) is 39.2 Å². The monoisotopic (exact) mass is 322 g/mol. The molecule has 0 aliphatic rings. The van der Waals surface area contributed by atoms with Crippen molar-refractivity contribution in [2.24, 2.45) is 0 Å². The van der Waals surface area contributed by atoms with E-state index in [2.05, 4.69) is 72.8 Å². The molecule has 24 heavy (non-hydrogen) atoms. The van der Waals surface area contributed by atoms with Gasteiger partial charge >= 0.3 is 0 Å². The Morgan fingerprint density at radius 2 is 1.71 bits per heavy atom. The lowest BCUT2D eigenvalue weighted by Gasteiger charge is -2.19. The Kier molecular flexibility index (Phi) is 4.89. The molecule has 0 atom stereocenters. The normalized spacial score (nSPS) is 11.8. The Hall–Kier alpha value is -2.29. The van der Waals surface area contributed by atoms with Gasteiger partial charge in [0.2, 0.25) is 0 Å². The lowest BCUT2D eigenvalue weighted by atomic mass is 9.87. The van der Waals surface area contributed by atoms with E-state index in [0.717, 1.165) is 37.3 Å². The molecule has 0 bridgehead atoms. The number of para-hydroxylation sites is 2. The highest BCUT2D eigenvalue weighted by Gasteiger charge is 2.12. The van der Waals surface area contributed by atoms with Crippen LogP contribution in [0.5, 0.6) is 5.75 Å². The zero-order valence-electron chi connectivity index (χ0n) is 14.8. The zero-order chi connectivity index (χ0) is 17.0. The molecule has 0 saturated carbocycles. The van der Waals surface area contributed by atoms with Crippen molar-refractivity contribution in [2.75, 3.05) is 6.61 Å². The largest absolute Gasteiger partial charge is 0.494 e. The number of benzene rings is 2. The van der Waals surface area contributed by atoms with Gasteiger partial charge in [-0.05, 0) is 48.1 Å². The minimum atomic E-state index is 0.187. The van der Waals surface area contributed by atoms with Crippen molar-refractivity contribution in [3.8, 4) is 5.75 Å². The maximum atomic E-state index is 5.86. The van der Waals surface area contributed by atoms with Crippen molar-refractivity contribution >= 4 is 11.0 Å². The summed E-state index contributed by atoms with van der Waals surface area (Å²) in [6.45, 7) is 8.41. The summed E-state index contributed by atoms with van der Waals surface area (Å²) in [6.07, 6.45) is 4.05. The molecule has 2 aromatic carbocycles.